The number of halogens is 1. The highest BCUT2D eigenvalue weighted by molar-refractivity contribution is 7.38. The third-order valence-corrected chi connectivity index (χ3v) is 3.86. The third kappa shape index (κ3) is 1.20. The summed E-state index contributed by atoms with van der Waals surface area (Å²) in [6.07, 6.45) is 0. The molecule has 56 valence electrons. The van der Waals surface area contributed by atoms with E-state index in [0.717, 1.165) is 9.40 Å². The molecular weight excluding hydrogens is 200 g/mol. The van der Waals surface area contributed by atoms with Crippen molar-refractivity contribution >= 4 is 48.9 Å². The fourth-order valence-corrected chi connectivity index (χ4v) is 2.97. The van der Waals surface area contributed by atoms with Crippen molar-refractivity contribution in [3.63, 3.8) is 0 Å². The Morgan fingerprint density at radius 1 is 1.55 bits per heavy atom. The van der Waals surface area contributed by atoms with Gasteiger partial charge in [-0.2, -0.15) is 0 Å². The van der Waals surface area contributed by atoms with Crippen molar-refractivity contribution in [1.82, 2.24) is 0 Å². The third-order valence-electron chi connectivity index (χ3n) is 1.34. The van der Waals surface area contributed by atoms with Crippen molar-refractivity contribution in [2.75, 3.05) is 0 Å². The van der Waals surface area contributed by atoms with Gasteiger partial charge in [0.05, 0.1) is 8.89 Å². The summed E-state index contributed by atoms with van der Waals surface area (Å²) in [4.78, 5) is 11.3. The van der Waals surface area contributed by atoms with E-state index in [9.17, 15) is 4.79 Å². The van der Waals surface area contributed by atoms with Crippen LogP contribution in [0.3, 0.4) is 0 Å². The second-order valence-corrected chi connectivity index (χ2v) is 4.62. The lowest BCUT2D eigenvalue weighted by Crippen LogP contribution is -1.78. The van der Waals surface area contributed by atoms with Crippen LogP contribution in [0.4, 0.5) is 0 Å². The molecule has 0 bridgehead atoms. The molecule has 0 N–H and O–H groups in total. The van der Waals surface area contributed by atoms with Crippen LogP contribution in [0.1, 0.15) is 9.67 Å². The fourth-order valence-electron chi connectivity index (χ4n) is 0.863. The van der Waals surface area contributed by atoms with Gasteiger partial charge in [0.25, 0.3) is 5.24 Å². The largest absolute Gasteiger partial charge is 0.275 e. The summed E-state index contributed by atoms with van der Waals surface area (Å²) >= 11 is 8.39. The van der Waals surface area contributed by atoms with Crippen molar-refractivity contribution in [3.8, 4) is 0 Å². The fraction of sp³-hybridized carbons (Fsp3) is 0. The van der Waals surface area contributed by atoms with Crippen LogP contribution >= 0.6 is 34.3 Å². The first-order chi connectivity index (χ1) is 5.27. The number of thiophene rings is 2. The van der Waals surface area contributed by atoms with Gasteiger partial charge in [-0.05, 0) is 29.1 Å². The van der Waals surface area contributed by atoms with Crippen LogP contribution in [0.25, 0.3) is 9.40 Å². The number of rotatable bonds is 1. The molecule has 2 heterocycles. The van der Waals surface area contributed by atoms with Gasteiger partial charge in [0.1, 0.15) is 0 Å². The molecule has 2 aromatic rings. The monoisotopic (exact) mass is 202 g/mol. The van der Waals surface area contributed by atoms with Crippen molar-refractivity contribution in [3.05, 3.63) is 22.4 Å². The molecule has 0 radical (unpaired) electrons. The first kappa shape index (κ1) is 7.28. The maximum Gasteiger partial charge on any atom is 0.262 e. The quantitative estimate of drug-likeness (QED) is 0.649. The molecule has 0 saturated heterocycles. The second kappa shape index (κ2) is 2.59. The van der Waals surface area contributed by atoms with E-state index in [1.807, 2.05) is 17.5 Å². The summed E-state index contributed by atoms with van der Waals surface area (Å²) < 4.78 is 1.16. The molecule has 2 aromatic heterocycles. The minimum Gasteiger partial charge on any atom is -0.275 e. The van der Waals surface area contributed by atoms with Crippen LogP contribution < -0.4 is 0 Å². The molecule has 0 unspecified atom stereocenters. The van der Waals surface area contributed by atoms with E-state index in [2.05, 4.69) is 0 Å². The van der Waals surface area contributed by atoms with Gasteiger partial charge in [-0.1, -0.05) is 0 Å². The Kier molecular flexibility index (Phi) is 1.71. The summed E-state index contributed by atoms with van der Waals surface area (Å²) in [6.45, 7) is 0. The molecule has 0 aliphatic carbocycles. The maximum atomic E-state index is 10.7. The predicted octanol–water partition coefficient (Wildman–Crippen LogP) is 3.34. The molecule has 0 aromatic carbocycles. The van der Waals surface area contributed by atoms with Crippen LogP contribution in [0.2, 0.25) is 0 Å². The molecule has 2 rings (SSSR count). The summed E-state index contributed by atoms with van der Waals surface area (Å²) in [7, 11) is 0. The normalized spacial score (nSPS) is 10.6. The van der Waals surface area contributed by atoms with Crippen molar-refractivity contribution in [1.29, 1.82) is 0 Å². The van der Waals surface area contributed by atoms with Gasteiger partial charge >= 0.3 is 0 Å². The number of hydrogen-bond donors (Lipinski definition) is 0. The highest BCUT2D eigenvalue weighted by Gasteiger charge is 2.07. The van der Waals surface area contributed by atoms with Crippen LogP contribution in [0.15, 0.2) is 17.5 Å². The number of carbonyl (C=O) groups excluding carboxylic acids is 1. The first-order valence-electron chi connectivity index (χ1n) is 2.94. The van der Waals surface area contributed by atoms with Gasteiger partial charge in [0.2, 0.25) is 0 Å². The number of fused-ring (bicyclic) bond motifs is 1. The highest BCUT2D eigenvalue weighted by atomic mass is 35.5. The molecule has 0 saturated carbocycles. The molecule has 0 atom stereocenters. The molecule has 0 amide bonds. The summed E-state index contributed by atoms with van der Waals surface area (Å²) in [5.74, 6) is 0. The number of carbonyl (C=O) groups is 1. The lowest BCUT2D eigenvalue weighted by Gasteiger charge is -1.78. The minimum absolute atomic E-state index is 0.363. The van der Waals surface area contributed by atoms with Gasteiger partial charge in [-0.3, -0.25) is 4.79 Å². The smallest absolute Gasteiger partial charge is 0.262 e. The molecule has 0 fully saturated rings. The zero-order valence-corrected chi connectivity index (χ0v) is 7.72. The van der Waals surface area contributed by atoms with E-state index in [4.69, 9.17) is 11.6 Å². The topological polar surface area (TPSA) is 17.1 Å². The molecule has 1 nitrogen and oxygen atoms in total. The van der Waals surface area contributed by atoms with Crippen LogP contribution in [0, 0.1) is 0 Å². The van der Waals surface area contributed by atoms with Crippen molar-refractivity contribution in [2.45, 2.75) is 0 Å². The second-order valence-electron chi connectivity index (χ2n) is 2.05. The Morgan fingerprint density at radius 2 is 2.36 bits per heavy atom. The molecule has 11 heavy (non-hydrogen) atoms. The maximum absolute atomic E-state index is 10.7. The van der Waals surface area contributed by atoms with Crippen LogP contribution in [-0.2, 0) is 0 Å². The van der Waals surface area contributed by atoms with Gasteiger partial charge in [-0.25, -0.2) is 0 Å². The molecule has 0 spiro atoms. The molecule has 4 heteroatoms. The van der Waals surface area contributed by atoms with E-state index in [1.54, 1.807) is 11.3 Å². The standard InChI is InChI=1S/C7H3ClOS2/c8-6(9)5-3-4-1-2-10-7(4)11-5/h1-3H. The van der Waals surface area contributed by atoms with E-state index in [0.29, 0.717) is 4.88 Å². The molecular formula is C7H3ClOS2. The Morgan fingerprint density at radius 3 is 3.00 bits per heavy atom. The Bertz CT molecular complexity index is 373. The van der Waals surface area contributed by atoms with Gasteiger partial charge < -0.3 is 0 Å². The zero-order valence-electron chi connectivity index (χ0n) is 5.33. The van der Waals surface area contributed by atoms with E-state index in [-0.39, 0.29) is 5.24 Å². The lowest BCUT2D eigenvalue weighted by molar-refractivity contribution is 0.108. The molecule has 0 aliphatic heterocycles. The first-order valence-corrected chi connectivity index (χ1v) is 5.01. The average molecular weight is 203 g/mol. The van der Waals surface area contributed by atoms with E-state index < -0.39 is 0 Å². The van der Waals surface area contributed by atoms with Crippen molar-refractivity contribution in [2.24, 2.45) is 0 Å². The number of hydrogen-bond acceptors (Lipinski definition) is 3. The van der Waals surface area contributed by atoms with Gasteiger partial charge in [-0.15, -0.1) is 22.7 Å². The lowest BCUT2D eigenvalue weighted by atomic mass is 10.4. The van der Waals surface area contributed by atoms with Crippen LogP contribution in [-0.4, -0.2) is 5.24 Å². The van der Waals surface area contributed by atoms with E-state index >= 15 is 0 Å². The van der Waals surface area contributed by atoms with Gasteiger partial charge in [0.15, 0.2) is 0 Å². The summed E-state index contributed by atoms with van der Waals surface area (Å²) in [5.41, 5.74) is 0. The highest BCUT2D eigenvalue weighted by Crippen LogP contribution is 2.30. The Hall–Kier alpha value is -0.380. The SMILES string of the molecule is O=C(Cl)c1cc2ccsc2s1. The summed E-state index contributed by atoms with van der Waals surface area (Å²) in [6, 6.07) is 3.81. The van der Waals surface area contributed by atoms with Crippen LogP contribution in [0.5, 0.6) is 0 Å². The van der Waals surface area contributed by atoms with Gasteiger partial charge in [0, 0.05) is 5.39 Å². The Balaban J connectivity index is 2.67. The van der Waals surface area contributed by atoms with Crippen molar-refractivity contribution < 1.29 is 4.79 Å². The summed E-state index contributed by atoms with van der Waals surface area (Å²) in [5, 5.41) is 2.76. The Labute approximate surface area is 76.2 Å². The zero-order chi connectivity index (χ0) is 7.84. The average Bonchev–Trinajstić information content (AvgIpc) is 2.40. The predicted molar refractivity (Wildman–Crippen MR) is 49.9 cm³/mol. The van der Waals surface area contributed by atoms with E-state index in [1.165, 1.54) is 11.3 Å². The molecule has 0 aliphatic rings. The minimum atomic E-state index is -0.363.